The van der Waals surface area contributed by atoms with E-state index < -0.39 is 5.82 Å². The minimum absolute atomic E-state index is 0.0246. The van der Waals surface area contributed by atoms with E-state index in [1.54, 1.807) is 12.1 Å². The van der Waals surface area contributed by atoms with Gasteiger partial charge < -0.3 is 10.2 Å². The van der Waals surface area contributed by atoms with Crippen molar-refractivity contribution in [1.29, 1.82) is 0 Å². The number of hydrogen-bond acceptors (Lipinski definition) is 2. The van der Waals surface area contributed by atoms with E-state index in [1.807, 2.05) is 21.0 Å². The predicted molar refractivity (Wildman–Crippen MR) is 78.4 cm³/mol. The second kappa shape index (κ2) is 5.92. The minimum Gasteiger partial charge on any atom is -0.350 e. The molecule has 0 aromatic heterocycles. The second-order valence-corrected chi connectivity index (χ2v) is 5.99. The lowest BCUT2D eigenvalue weighted by Crippen LogP contribution is -2.50. The number of carbonyl (C=O) groups excluding carboxylic acids is 1. The van der Waals surface area contributed by atoms with Crippen LogP contribution in [0, 0.1) is 12.7 Å². The number of halogens is 1. The number of carbonyl (C=O) groups is 1. The molecule has 1 aliphatic rings. The van der Waals surface area contributed by atoms with Crippen LogP contribution in [0.1, 0.15) is 41.6 Å². The van der Waals surface area contributed by atoms with Gasteiger partial charge in [-0.25, -0.2) is 4.39 Å². The molecule has 3 nitrogen and oxygen atoms in total. The van der Waals surface area contributed by atoms with Crippen LogP contribution in [0.5, 0.6) is 0 Å². The molecular formula is C16H23FN2O. The van der Waals surface area contributed by atoms with Crippen LogP contribution in [0.2, 0.25) is 0 Å². The van der Waals surface area contributed by atoms with E-state index in [4.69, 9.17) is 0 Å². The Kier molecular flexibility index (Phi) is 4.43. The number of nitrogens with one attached hydrogen (secondary N) is 1. The summed E-state index contributed by atoms with van der Waals surface area (Å²) in [4.78, 5) is 14.3. The van der Waals surface area contributed by atoms with Crippen molar-refractivity contribution in [2.75, 3.05) is 20.6 Å². The van der Waals surface area contributed by atoms with E-state index in [2.05, 4.69) is 10.2 Å². The summed E-state index contributed by atoms with van der Waals surface area (Å²) in [6.45, 7) is 2.39. The monoisotopic (exact) mass is 278 g/mol. The largest absolute Gasteiger partial charge is 0.350 e. The van der Waals surface area contributed by atoms with Crippen molar-refractivity contribution in [2.24, 2.45) is 0 Å². The molecule has 1 amide bonds. The topological polar surface area (TPSA) is 32.3 Å². The highest BCUT2D eigenvalue weighted by Gasteiger charge is 2.36. The van der Waals surface area contributed by atoms with E-state index in [0.29, 0.717) is 6.54 Å². The number of likely N-dealkylation sites (N-methyl/N-ethyl adjacent to an activating group) is 1. The van der Waals surface area contributed by atoms with Crippen LogP contribution in [0.4, 0.5) is 4.39 Å². The van der Waals surface area contributed by atoms with Crippen molar-refractivity contribution in [2.45, 2.75) is 38.1 Å². The molecule has 0 aliphatic heterocycles. The van der Waals surface area contributed by atoms with Crippen molar-refractivity contribution in [3.05, 3.63) is 35.1 Å². The summed E-state index contributed by atoms with van der Waals surface area (Å²) in [7, 11) is 4.09. The van der Waals surface area contributed by atoms with Gasteiger partial charge in [0.2, 0.25) is 0 Å². The molecule has 0 unspecified atom stereocenters. The van der Waals surface area contributed by atoms with Gasteiger partial charge in [-0.1, -0.05) is 18.9 Å². The lowest BCUT2D eigenvalue weighted by molar-refractivity contribution is 0.0896. The van der Waals surface area contributed by atoms with Crippen LogP contribution < -0.4 is 5.32 Å². The molecule has 1 saturated carbocycles. The first-order valence-corrected chi connectivity index (χ1v) is 7.16. The summed E-state index contributed by atoms with van der Waals surface area (Å²) in [5, 5.41) is 2.90. The third kappa shape index (κ3) is 3.01. The van der Waals surface area contributed by atoms with Crippen LogP contribution in [0.25, 0.3) is 0 Å². The Balaban J connectivity index is 2.04. The Bertz CT molecular complexity index is 493. The average molecular weight is 278 g/mol. The van der Waals surface area contributed by atoms with Gasteiger partial charge in [0.25, 0.3) is 5.91 Å². The van der Waals surface area contributed by atoms with Gasteiger partial charge in [-0.15, -0.1) is 0 Å². The van der Waals surface area contributed by atoms with Crippen LogP contribution in [-0.4, -0.2) is 37.0 Å². The smallest absolute Gasteiger partial charge is 0.254 e. The highest BCUT2D eigenvalue weighted by atomic mass is 19.1. The second-order valence-electron chi connectivity index (χ2n) is 5.99. The van der Waals surface area contributed by atoms with Crippen molar-refractivity contribution in [3.63, 3.8) is 0 Å². The third-order valence-corrected chi connectivity index (χ3v) is 4.43. The predicted octanol–water partition coefficient (Wildman–Crippen LogP) is 2.74. The van der Waals surface area contributed by atoms with Gasteiger partial charge in [0.1, 0.15) is 5.82 Å². The fraction of sp³-hybridized carbons (Fsp3) is 0.562. The molecule has 1 fully saturated rings. The van der Waals surface area contributed by atoms with E-state index in [-0.39, 0.29) is 17.0 Å². The first-order valence-electron chi connectivity index (χ1n) is 7.16. The maximum Gasteiger partial charge on any atom is 0.254 e. The summed E-state index contributed by atoms with van der Waals surface area (Å²) in [6.07, 6.45) is 4.53. The standard InChI is InChI=1S/C16H23FN2O/c1-12-6-7-13(14(17)10-12)15(20)18-11-16(19(2)3)8-4-5-9-16/h6-7,10H,4-5,8-9,11H2,1-3H3,(H,18,20). The van der Waals surface area contributed by atoms with Crippen molar-refractivity contribution >= 4 is 5.91 Å². The number of nitrogens with zero attached hydrogens (tertiary/aromatic N) is 1. The lowest BCUT2D eigenvalue weighted by atomic mass is 9.96. The zero-order valence-electron chi connectivity index (χ0n) is 12.5. The molecule has 0 saturated heterocycles. The first-order chi connectivity index (χ1) is 9.44. The number of hydrogen-bond donors (Lipinski definition) is 1. The maximum absolute atomic E-state index is 13.8. The SMILES string of the molecule is Cc1ccc(C(=O)NCC2(N(C)C)CCCC2)c(F)c1. The highest BCUT2D eigenvalue weighted by molar-refractivity contribution is 5.94. The number of aryl methyl sites for hydroxylation is 1. The Hall–Kier alpha value is -1.42. The van der Waals surface area contributed by atoms with Gasteiger partial charge >= 0.3 is 0 Å². The summed E-state index contributed by atoms with van der Waals surface area (Å²) < 4.78 is 13.8. The van der Waals surface area contributed by atoms with Gasteiger partial charge in [-0.2, -0.15) is 0 Å². The summed E-state index contributed by atoms with van der Waals surface area (Å²) >= 11 is 0. The van der Waals surface area contributed by atoms with Crippen LogP contribution in [-0.2, 0) is 0 Å². The van der Waals surface area contributed by atoms with Gasteiger partial charge in [0.05, 0.1) is 5.56 Å². The highest BCUT2D eigenvalue weighted by Crippen LogP contribution is 2.33. The molecule has 110 valence electrons. The Labute approximate surface area is 120 Å². The third-order valence-electron chi connectivity index (χ3n) is 4.43. The van der Waals surface area contributed by atoms with Crippen LogP contribution in [0.15, 0.2) is 18.2 Å². The quantitative estimate of drug-likeness (QED) is 0.918. The van der Waals surface area contributed by atoms with Crippen LogP contribution >= 0.6 is 0 Å². The number of benzene rings is 1. The van der Waals surface area contributed by atoms with Gasteiger partial charge in [0.15, 0.2) is 0 Å². The number of rotatable bonds is 4. The molecule has 0 radical (unpaired) electrons. The molecule has 1 aromatic carbocycles. The van der Waals surface area contributed by atoms with Crippen molar-refractivity contribution in [3.8, 4) is 0 Å². The zero-order valence-corrected chi connectivity index (χ0v) is 12.5. The maximum atomic E-state index is 13.8. The van der Waals surface area contributed by atoms with E-state index >= 15 is 0 Å². The molecule has 0 spiro atoms. The minimum atomic E-state index is -0.451. The first kappa shape index (κ1) is 15.0. The molecule has 0 atom stereocenters. The summed E-state index contributed by atoms with van der Waals surface area (Å²) in [6, 6.07) is 4.71. The Morgan fingerprint density at radius 1 is 1.35 bits per heavy atom. The van der Waals surface area contributed by atoms with Gasteiger partial charge in [0, 0.05) is 12.1 Å². The zero-order chi connectivity index (χ0) is 14.8. The molecule has 1 aromatic rings. The van der Waals surface area contributed by atoms with Crippen molar-refractivity contribution < 1.29 is 9.18 Å². The fourth-order valence-corrected chi connectivity index (χ4v) is 2.96. The van der Waals surface area contributed by atoms with Gasteiger partial charge in [-0.3, -0.25) is 4.79 Å². The molecule has 4 heteroatoms. The average Bonchev–Trinajstić information content (AvgIpc) is 2.86. The summed E-state index contributed by atoms with van der Waals surface area (Å²) in [5.74, 6) is -0.775. The molecule has 2 rings (SSSR count). The van der Waals surface area contributed by atoms with Crippen molar-refractivity contribution in [1.82, 2.24) is 10.2 Å². The summed E-state index contributed by atoms with van der Waals surface area (Å²) in [5.41, 5.74) is 0.971. The van der Waals surface area contributed by atoms with Crippen LogP contribution in [0.3, 0.4) is 0 Å². The van der Waals surface area contributed by atoms with E-state index in [1.165, 1.54) is 18.9 Å². The fourth-order valence-electron chi connectivity index (χ4n) is 2.96. The van der Waals surface area contributed by atoms with E-state index in [9.17, 15) is 9.18 Å². The Morgan fingerprint density at radius 2 is 2.00 bits per heavy atom. The normalized spacial score (nSPS) is 17.4. The van der Waals surface area contributed by atoms with Gasteiger partial charge in [-0.05, 0) is 51.6 Å². The molecule has 0 bridgehead atoms. The number of amides is 1. The molecule has 20 heavy (non-hydrogen) atoms. The molecule has 0 heterocycles. The lowest BCUT2D eigenvalue weighted by Gasteiger charge is -2.36. The molecular weight excluding hydrogens is 255 g/mol. The molecule has 1 N–H and O–H groups in total. The molecule has 1 aliphatic carbocycles. The Morgan fingerprint density at radius 3 is 2.55 bits per heavy atom. The van der Waals surface area contributed by atoms with E-state index in [0.717, 1.165) is 18.4 Å².